The van der Waals surface area contributed by atoms with Crippen LogP contribution >= 0.6 is 0 Å². The molecule has 0 fully saturated rings. The molecule has 1 atom stereocenters. The van der Waals surface area contributed by atoms with Crippen molar-refractivity contribution in [2.75, 3.05) is 10.6 Å². The van der Waals surface area contributed by atoms with Gasteiger partial charge in [0.25, 0.3) is 0 Å². The summed E-state index contributed by atoms with van der Waals surface area (Å²) in [6.45, 7) is 7.07. The van der Waals surface area contributed by atoms with Gasteiger partial charge in [0.1, 0.15) is 5.82 Å². The highest BCUT2D eigenvalue weighted by Gasteiger charge is 2.13. The number of carbonyl (C=O) groups excluding carboxylic acids is 2. The summed E-state index contributed by atoms with van der Waals surface area (Å²) in [6.07, 6.45) is 3.07. The molecule has 0 aliphatic heterocycles. The average molecular weight is 330 g/mol. The first-order valence-corrected chi connectivity index (χ1v) is 7.43. The Morgan fingerprint density at radius 3 is 2.75 bits per heavy atom. The zero-order valence-corrected chi connectivity index (χ0v) is 13.5. The second-order valence-electron chi connectivity index (χ2n) is 5.43. The molecule has 1 heterocycles. The summed E-state index contributed by atoms with van der Waals surface area (Å²) in [7, 11) is 0. The van der Waals surface area contributed by atoms with Crippen molar-refractivity contribution in [2.45, 2.75) is 26.3 Å². The maximum Gasteiger partial charge on any atom is 0.247 e. The van der Waals surface area contributed by atoms with Gasteiger partial charge in [-0.1, -0.05) is 6.58 Å². The van der Waals surface area contributed by atoms with Crippen molar-refractivity contribution in [3.05, 3.63) is 54.6 Å². The number of halogens is 1. The number of anilines is 2. The van der Waals surface area contributed by atoms with Crippen LogP contribution in [0.1, 0.15) is 25.1 Å². The Balaban J connectivity index is 2.02. The van der Waals surface area contributed by atoms with Gasteiger partial charge in [-0.25, -0.2) is 4.39 Å². The van der Waals surface area contributed by atoms with Gasteiger partial charge in [-0.3, -0.25) is 14.3 Å². The Bertz CT molecular complexity index is 770. The van der Waals surface area contributed by atoms with Gasteiger partial charge in [0.2, 0.25) is 11.8 Å². The van der Waals surface area contributed by atoms with E-state index in [9.17, 15) is 14.0 Å². The molecule has 1 unspecified atom stereocenters. The maximum atomic E-state index is 13.7. The Morgan fingerprint density at radius 2 is 2.12 bits per heavy atom. The molecule has 0 aliphatic rings. The molecule has 0 aliphatic carbocycles. The molecule has 1 aromatic carbocycles. The number of nitrogens with zero attached hydrogens (tertiary/aromatic N) is 2. The van der Waals surface area contributed by atoms with E-state index in [1.165, 1.54) is 18.2 Å². The Labute approximate surface area is 139 Å². The highest BCUT2D eigenvalue weighted by atomic mass is 19.1. The lowest BCUT2D eigenvalue weighted by molar-refractivity contribution is -0.117. The Kier molecular flexibility index (Phi) is 5.47. The molecule has 0 bridgehead atoms. The van der Waals surface area contributed by atoms with Crippen molar-refractivity contribution in [2.24, 2.45) is 0 Å². The standard InChI is InChI=1S/C17H19FN4O2/c1-4-16(23)20-15-10-13(5-6-14(15)18)19-17(24)9-12(3)22-8-7-11(2)21-22/h4-8,10,12H,1,9H2,2-3H3,(H,19,24)(H,20,23). The van der Waals surface area contributed by atoms with E-state index in [2.05, 4.69) is 22.3 Å². The van der Waals surface area contributed by atoms with Crippen LogP contribution in [0, 0.1) is 12.7 Å². The van der Waals surface area contributed by atoms with Gasteiger partial charge < -0.3 is 10.6 Å². The number of carbonyl (C=O) groups is 2. The number of hydrogen-bond acceptors (Lipinski definition) is 3. The van der Waals surface area contributed by atoms with Crippen LogP contribution in [0.4, 0.5) is 15.8 Å². The van der Waals surface area contributed by atoms with E-state index in [-0.39, 0.29) is 24.1 Å². The van der Waals surface area contributed by atoms with Crippen LogP contribution in [0.2, 0.25) is 0 Å². The Hall–Kier alpha value is -2.96. The van der Waals surface area contributed by atoms with Crippen LogP contribution in [0.25, 0.3) is 0 Å². The zero-order chi connectivity index (χ0) is 17.7. The van der Waals surface area contributed by atoms with Gasteiger partial charge in [-0.15, -0.1) is 0 Å². The molecule has 24 heavy (non-hydrogen) atoms. The maximum absolute atomic E-state index is 13.7. The number of aryl methyl sites for hydroxylation is 1. The minimum atomic E-state index is -0.594. The van der Waals surface area contributed by atoms with E-state index in [1.54, 1.807) is 4.68 Å². The molecular formula is C17H19FN4O2. The summed E-state index contributed by atoms with van der Waals surface area (Å²) in [4.78, 5) is 23.4. The fourth-order valence-corrected chi connectivity index (χ4v) is 2.13. The second kappa shape index (κ2) is 7.54. The first-order valence-electron chi connectivity index (χ1n) is 7.43. The number of aromatic nitrogens is 2. The molecule has 0 saturated carbocycles. The molecule has 2 N–H and O–H groups in total. The van der Waals surface area contributed by atoms with Gasteiger partial charge >= 0.3 is 0 Å². The third kappa shape index (κ3) is 4.52. The van der Waals surface area contributed by atoms with Crippen molar-refractivity contribution in [3.63, 3.8) is 0 Å². The summed E-state index contributed by atoms with van der Waals surface area (Å²) < 4.78 is 15.4. The average Bonchev–Trinajstić information content (AvgIpc) is 2.97. The predicted octanol–water partition coefficient (Wildman–Crippen LogP) is 3.04. The molecule has 0 saturated heterocycles. The zero-order valence-electron chi connectivity index (χ0n) is 13.5. The molecule has 2 amide bonds. The van der Waals surface area contributed by atoms with Crippen LogP contribution in [-0.4, -0.2) is 21.6 Å². The summed E-state index contributed by atoms with van der Waals surface area (Å²) in [5, 5.41) is 9.30. The normalized spacial score (nSPS) is 11.6. The molecule has 6 nitrogen and oxygen atoms in total. The van der Waals surface area contributed by atoms with Crippen molar-refractivity contribution < 1.29 is 14.0 Å². The van der Waals surface area contributed by atoms with E-state index in [1.807, 2.05) is 26.1 Å². The van der Waals surface area contributed by atoms with Crippen LogP contribution in [-0.2, 0) is 9.59 Å². The molecule has 1 aromatic heterocycles. The lowest BCUT2D eigenvalue weighted by Gasteiger charge is -2.13. The SMILES string of the molecule is C=CC(=O)Nc1cc(NC(=O)CC(C)n2ccc(C)n2)ccc1F. The van der Waals surface area contributed by atoms with E-state index >= 15 is 0 Å². The first kappa shape index (κ1) is 17.4. The molecule has 126 valence electrons. The second-order valence-corrected chi connectivity index (χ2v) is 5.43. The molecule has 2 aromatic rings. The Morgan fingerprint density at radius 1 is 1.38 bits per heavy atom. The highest BCUT2D eigenvalue weighted by molar-refractivity contribution is 5.99. The molecule has 2 rings (SSSR count). The molecule has 7 heteroatoms. The first-order chi connectivity index (χ1) is 11.4. The predicted molar refractivity (Wildman–Crippen MR) is 90.1 cm³/mol. The van der Waals surface area contributed by atoms with Crippen LogP contribution in [0.15, 0.2) is 43.1 Å². The summed E-state index contributed by atoms with van der Waals surface area (Å²) >= 11 is 0. The van der Waals surface area contributed by atoms with Gasteiger partial charge in [-0.2, -0.15) is 5.10 Å². The van der Waals surface area contributed by atoms with Gasteiger partial charge in [0.15, 0.2) is 0 Å². The summed E-state index contributed by atoms with van der Waals surface area (Å²) in [5.74, 6) is -1.35. The fraction of sp³-hybridized carbons (Fsp3) is 0.235. The van der Waals surface area contributed by atoms with Gasteiger partial charge in [-0.05, 0) is 44.2 Å². The lowest BCUT2D eigenvalue weighted by Crippen LogP contribution is -2.18. The largest absolute Gasteiger partial charge is 0.326 e. The fourth-order valence-electron chi connectivity index (χ4n) is 2.13. The van der Waals surface area contributed by atoms with Gasteiger partial charge in [0, 0.05) is 18.3 Å². The van der Waals surface area contributed by atoms with E-state index in [0.717, 1.165) is 11.8 Å². The van der Waals surface area contributed by atoms with E-state index in [4.69, 9.17) is 0 Å². The monoisotopic (exact) mass is 330 g/mol. The van der Waals surface area contributed by atoms with Crippen LogP contribution in [0.5, 0.6) is 0 Å². The van der Waals surface area contributed by atoms with Crippen molar-refractivity contribution >= 4 is 23.2 Å². The van der Waals surface area contributed by atoms with E-state index < -0.39 is 11.7 Å². The third-order valence-corrected chi connectivity index (χ3v) is 3.37. The molecule has 0 radical (unpaired) electrons. The van der Waals surface area contributed by atoms with Crippen LogP contribution < -0.4 is 10.6 Å². The summed E-state index contributed by atoms with van der Waals surface area (Å²) in [6, 6.07) is 5.72. The molecule has 0 spiro atoms. The minimum absolute atomic E-state index is 0.0200. The van der Waals surface area contributed by atoms with Crippen molar-refractivity contribution in [3.8, 4) is 0 Å². The number of amides is 2. The van der Waals surface area contributed by atoms with Crippen molar-refractivity contribution in [1.82, 2.24) is 9.78 Å². The number of rotatable bonds is 6. The number of nitrogens with one attached hydrogen (secondary N) is 2. The van der Waals surface area contributed by atoms with E-state index in [0.29, 0.717) is 5.69 Å². The van der Waals surface area contributed by atoms with Crippen molar-refractivity contribution in [1.29, 1.82) is 0 Å². The van der Waals surface area contributed by atoms with Gasteiger partial charge in [0.05, 0.1) is 17.4 Å². The molecular weight excluding hydrogens is 311 g/mol. The number of hydrogen-bond donors (Lipinski definition) is 2. The van der Waals surface area contributed by atoms with Crippen LogP contribution in [0.3, 0.4) is 0 Å². The lowest BCUT2D eigenvalue weighted by atomic mass is 10.2. The highest BCUT2D eigenvalue weighted by Crippen LogP contribution is 2.20. The smallest absolute Gasteiger partial charge is 0.247 e. The topological polar surface area (TPSA) is 76.0 Å². The third-order valence-electron chi connectivity index (χ3n) is 3.37. The summed E-state index contributed by atoms with van der Waals surface area (Å²) in [5.41, 5.74) is 1.25. The number of benzene rings is 1. The quantitative estimate of drug-likeness (QED) is 0.799. The minimum Gasteiger partial charge on any atom is -0.326 e.